The van der Waals surface area contributed by atoms with Gasteiger partial charge in [-0.25, -0.2) is 9.78 Å². The van der Waals surface area contributed by atoms with Crippen LogP contribution in [0.4, 0.5) is 5.69 Å². The van der Waals surface area contributed by atoms with Crippen molar-refractivity contribution in [2.24, 2.45) is 0 Å². The molecule has 2 aromatic carbocycles. The van der Waals surface area contributed by atoms with Gasteiger partial charge in [0.15, 0.2) is 6.61 Å². The molecule has 1 aliphatic rings. The van der Waals surface area contributed by atoms with Crippen LogP contribution in [0, 0.1) is 0 Å². The minimum absolute atomic E-state index is 0.185. The first-order valence-electron chi connectivity index (χ1n) is 9.83. The molecule has 1 saturated heterocycles. The third-order valence-electron chi connectivity index (χ3n) is 4.95. The molecular weight excluding hydrogens is 380 g/mol. The van der Waals surface area contributed by atoms with Crippen molar-refractivity contribution >= 4 is 34.7 Å². The summed E-state index contributed by atoms with van der Waals surface area (Å²) in [5.41, 5.74) is 3.24. The molecule has 30 heavy (non-hydrogen) atoms. The Bertz CT molecular complexity index is 1060. The van der Waals surface area contributed by atoms with E-state index in [0.29, 0.717) is 18.8 Å². The lowest BCUT2D eigenvalue weighted by Crippen LogP contribution is -2.49. The molecule has 0 aliphatic carbocycles. The second kappa shape index (κ2) is 9.17. The topological polar surface area (TPSA) is 75.6 Å². The maximum Gasteiger partial charge on any atom is 0.331 e. The summed E-state index contributed by atoms with van der Waals surface area (Å²) in [6.45, 7) is 2.45. The molecule has 0 spiro atoms. The average molecular weight is 402 g/mol. The fourth-order valence-electron chi connectivity index (χ4n) is 3.33. The zero-order valence-electron chi connectivity index (χ0n) is 16.5. The summed E-state index contributed by atoms with van der Waals surface area (Å²) in [6, 6.07) is 17.6. The van der Waals surface area contributed by atoms with Gasteiger partial charge in [0.2, 0.25) is 0 Å². The van der Waals surface area contributed by atoms with Crippen LogP contribution in [-0.2, 0) is 14.3 Å². The first kappa shape index (κ1) is 19.6. The molecule has 3 aromatic rings. The van der Waals surface area contributed by atoms with E-state index in [4.69, 9.17) is 4.74 Å². The minimum atomic E-state index is -0.582. The van der Waals surface area contributed by atoms with E-state index < -0.39 is 5.97 Å². The van der Waals surface area contributed by atoms with Gasteiger partial charge >= 0.3 is 5.97 Å². The first-order valence-corrected chi connectivity index (χ1v) is 9.83. The molecule has 0 radical (unpaired) electrons. The maximum atomic E-state index is 12.4. The van der Waals surface area contributed by atoms with Crippen molar-refractivity contribution in [2.75, 3.05) is 37.7 Å². The summed E-state index contributed by atoms with van der Waals surface area (Å²) in [5, 5.41) is 0. The number of ether oxygens (including phenoxy) is 1. The fourth-order valence-corrected chi connectivity index (χ4v) is 3.33. The van der Waals surface area contributed by atoms with E-state index in [0.717, 1.165) is 29.8 Å². The Balaban J connectivity index is 1.24. The van der Waals surface area contributed by atoms with Gasteiger partial charge in [0.25, 0.3) is 5.91 Å². The first-order chi connectivity index (χ1) is 14.7. The average Bonchev–Trinajstić information content (AvgIpc) is 2.81. The van der Waals surface area contributed by atoms with E-state index in [2.05, 4.69) is 27.0 Å². The highest BCUT2D eigenvalue weighted by Gasteiger charge is 2.21. The van der Waals surface area contributed by atoms with Crippen molar-refractivity contribution in [1.82, 2.24) is 14.9 Å². The van der Waals surface area contributed by atoms with Gasteiger partial charge in [-0.15, -0.1) is 0 Å². The second-order valence-electron chi connectivity index (χ2n) is 6.93. The highest BCUT2D eigenvalue weighted by molar-refractivity contribution is 5.89. The Kier molecular flexibility index (Phi) is 5.98. The van der Waals surface area contributed by atoms with E-state index in [-0.39, 0.29) is 12.5 Å². The van der Waals surface area contributed by atoms with Gasteiger partial charge in [-0.2, -0.15) is 0 Å². The molecule has 1 fully saturated rings. The smallest absolute Gasteiger partial charge is 0.331 e. The minimum Gasteiger partial charge on any atom is -0.452 e. The van der Waals surface area contributed by atoms with Crippen LogP contribution >= 0.6 is 0 Å². The Labute approximate surface area is 174 Å². The molecule has 4 rings (SSSR count). The van der Waals surface area contributed by atoms with Gasteiger partial charge in [-0.05, 0) is 30.3 Å². The number of nitrogens with zero attached hydrogens (tertiary/aromatic N) is 4. The number of benzene rings is 2. The quantitative estimate of drug-likeness (QED) is 0.482. The molecular formula is C23H22N4O3. The number of para-hydroxylation sites is 3. The molecule has 152 valence electrons. The van der Waals surface area contributed by atoms with E-state index >= 15 is 0 Å². The van der Waals surface area contributed by atoms with Crippen LogP contribution in [0.15, 0.2) is 66.9 Å². The highest BCUT2D eigenvalue weighted by atomic mass is 16.5. The molecule has 0 N–H and O–H groups in total. The standard InChI is InChI=1S/C23H22N4O3/c28-22(27-14-12-26(13-15-27)19-6-2-1-3-7-19)17-30-23(29)11-10-18-16-24-20-8-4-5-9-21(20)25-18/h1-11,16H,12-15,17H2. The molecule has 7 heteroatoms. The Morgan fingerprint density at radius 2 is 1.63 bits per heavy atom. The third kappa shape index (κ3) is 4.81. The Hall–Kier alpha value is -3.74. The molecule has 7 nitrogen and oxygen atoms in total. The predicted molar refractivity (Wildman–Crippen MR) is 115 cm³/mol. The van der Waals surface area contributed by atoms with Crippen molar-refractivity contribution in [1.29, 1.82) is 0 Å². The van der Waals surface area contributed by atoms with Crippen LogP contribution < -0.4 is 4.90 Å². The zero-order chi connectivity index (χ0) is 20.8. The lowest BCUT2D eigenvalue weighted by Gasteiger charge is -2.36. The van der Waals surface area contributed by atoms with Crippen LogP contribution in [0.25, 0.3) is 17.1 Å². The lowest BCUT2D eigenvalue weighted by molar-refractivity contribution is -0.148. The summed E-state index contributed by atoms with van der Waals surface area (Å²) < 4.78 is 5.10. The van der Waals surface area contributed by atoms with E-state index in [1.807, 2.05) is 42.5 Å². The number of carbonyl (C=O) groups excluding carboxylic acids is 2. The van der Waals surface area contributed by atoms with Crippen LogP contribution in [0.3, 0.4) is 0 Å². The molecule has 1 aliphatic heterocycles. The number of hydrogen-bond donors (Lipinski definition) is 0. The van der Waals surface area contributed by atoms with Gasteiger partial charge in [-0.3, -0.25) is 9.78 Å². The van der Waals surface area contributed by atoms with Gasteiger partial charge < -0.3 is 14.5 Å². The van der Waals surface area contributed by atoms with Gasteiger partial charge in [-0.1, -0.05) is 30.3 Å². The van der Waals surface area contributed by atoms with E-state index in [9.17, 15) is 9.59 Å². The Morgan fingerprint density at radius 1 is 0.933 bits per heavy atom. The van der Waals surface area contributed by atoms with Crippen molar-refractivity contribution in [3.63, 3.8) is 0 Å². The summed E-state index contributed by atoms with van der Waals surface area (Å²) in [4.78, 5) is 37.0. The van der Waals surface area contributed by atoms with Gasteiger partial charge in [0.1, 0.15) is 0 Å². The molecule has 0 unspecified atom stereocenters. The number of hydrogen-bond acceptors (Lipinski definition) is 6. The number of aromatic nitrogens is 2. The Morgan fingerprint density at radius 3 is 2.40 bits per heavy atom. The van der Waals surface area contributed by atoms with Crippen molar-refractivity contribution in [3.8, 4) is 0 Å². The number of carbonyl (C=O) groups is 2. The van der Waals surface area contributed by atoms with E-state index in [1.165, 1.54) is 12.2 Å². The molecule has 0 saturated carbocycles. The summed E-state index contributed by atoms with van der Waals surface area (Å²) in [5.74, 6) is -0.767. The summed E-state index contributed by atoms with van der Waals surface area (Å²) in [6.07, 6.45) is 4.38. The molecule has 0 atom stereocenters. The monoisotopic (exact) mass is 402 g/mol. The molecule has 2 heterocycles. The summed E-state index contributed by atoms with van der Waals surface area (Å²) in [7, 11) is 0. The number of anilines is 1. The second-order valence-corrected chi connectivity index (χ2v) is 6.93. The normalized spacial score (nSPS) is 14.3. The SMILES string of the molecule is O=C(C=Cc1cnc2ccccc2n1)OCC(=O)N1CCN(c2ccccc2)CC1. The molecule has 1 amide bonds. The van der Waals surface area contributed by atoms with Gasteiger partial charge in [0, 0.05) is 37.9 Å². The van der Waals surface area contributed by atoms with Crippen LogP contribution in [-0.4, -0.2) is 59.5 Å². The molecule has 1 aromatic heterocycles. The zero-order valence-corrected chi connectivity index (χ0v) is 16.5. The lowest BCUT2D eigenvalue weighted by atomic mass is 10.2. The fraction of sp³-hybridized carbons (Fsp3) is 0.217. The maximum absolute atomic E-state index is 12.4. The largest absolute Gasteiger partial charge is 0.452 e. The van der Waals surface area contributed by atoms with Crippen molar-refractivity contribution in [2.45, 2.75) is 0 Å². The van der Waals surface area contributed by atoms with Crippen LogP contribution in [0.2, 0.25) is 0 Å². The molecule has 0 bridgehead atoms. The number of fused-ring (bicyclic) bond motifs is 1. The van der Waals surface area contributed by atoms with Crippen LogP contribution in [0.5, 0.6) is 0 Å². The number of rotatable bonds is 5. The number of piperazine rings is 1. The highest BCUT2D eigenvalue weighted by Crippen LogP contribution is 2.15. The number of esters is 1. The third-order valence-corrected chi connectivity index (χ3v) is 4.95. The predicted octanol–water partition coefficient (Wildman–Crippen LogP) is 2.54. The van der Waals surface area contributed by atoms with Gasteiger partial charge in [0.05, 0.1) is 22.9 Å². The van der Waals surface area contributed by atoms with E-state index in [1.54, 1.807) is 11.1 Å². The van der Waals surface area contributed by atoms with Crippen LogP contribution in [0.1, 0.15) is 5.69 Å². The van der Waals surface area contributed by atoms with Crippen molar-refractivity contribution < 1.29 is 14.3 Å². The van der Waals surface area contributed by atoms with Crippen molar-refractivity contribution in [3.05, 3.63) is 72.6 Å². The number of amides is 1. The summed E-state index contributed by atoms with van der Waals surface area (Å²) >= 11 is 0.